The van der Waals surface area contributed by atoms with Gasteiger partial charge in [-0.05, 0) is 29.8 Å². The molecule has 26 heavy (non-hydrogen) atoms. The standard InChI is InChI=1S/C18H15ClN4O2S/c1-2-11-22-17(14-5-9-16(10-6-14)23(24)25)20-21-18(22)26-12-13-3-7-15(19)8-4-13/h2-10H,1,11-12H2. The van der Waals surface area contributed by atoms with Gasteiger partial charge in [-0.1, -0.05) is 41.6 Å². The van der Waals surface area contributed by atoms with Crippen LogP contribution in [0.2, 0.25) is 5.02 Å². The Balaban J connectivity index is 1.84. The molecular weight excluding hydrogens is 372 g/mol. The van der Waals surface area contributed by atoms with Crippen molar-refractivity contribution in [2.45, 2.75) is 17.5 Å². The van der Waals surface area contributed by atoms with Crippen molar-refractivity contribution in [3.63, 3.8) is 0 Å². The average molecular weight is 387 g/mol. The number of rotatable bonds is 7. The summed E-state index contributed by atoms with van der Waals surface area (Å²) in [6.07, 6.45) is 1.77. The number of thioether (sulfide) groups is 1. The van der Waals surface area contributed by atoms with E-state index in [1.807, 2.05) is 28.8 Å². The molecule has 0 fully saturated rings. The van der Waals surface area contributed by atoms with Crippen molar-refractivity contribution < 1.29 is 4.92 Å². The minimum absolute atomic E-state index is 0.0425. The topological polar surface area (TPSA) is 73.8 Å². The molecule has 0 N–H and O–H groups in total. The van der Waals surface area contributed by atoms with E-state index in [0.717, 1.165) is 22.0 Å². The third kappa shape index (κ3) is 4.12. The second-order valence-electron chi connectivity index (χ2n) is 5.42. The first-order valence-corrected chi connectivity index (χ1v) is 9.11. The number of nitro groups is 1. The zero-order valence-electron chi connectivity index (χ0n) is 13.7. The van der Waals surface area contributed by atoms with E-state index in [1.165, 1.54) is 12.1 Å². The largest absolute Gasteiger partial charge is 0.298 e. The van der Waals surface area contributed by atoms with E-state index in [-0.39, 0.29) is 5.69 Å². The normalized spacial score (nSPS) is 10.7. The molecule has 1 heterocycles. The Morgan fingerprint density at radius 1 is 1.15 bits per heavy atom. The Kier molecular flexibility index (Phi) is 5.70. The van der Waals surface area contributed by atoms with Crippen LogP contribution in [0.3, 0.4) is 0 Å². The Labute approximate surface area is 159 Å². The SMILES string of the molecule is C=CCn1c(SCc2ccc(Cl)cc2)nnc1-c1ccc([N+](=O)[O-])cc1. The van der Waals surface area contributed by atoms with Gasteiger partial charge in [-0.15, -0.1) is 16.8 Å². The van der Waals surface area contributed by atoms with Gasteiger partial charge < -0.3 is 0 Å². The van der Waals surface area contributed by atoms with Crippen molar-refractivity contribution in [1.82, 2.24) is 14.8 Å². The predicted molar refractivity (Wildman–Crippen MR) is 103 cm³/mol. The molecule has 0 aliphatic rings. The molecule has 0 radical (unpaired) electrons. The Bertz CT molecular complexity index is 923. The Morgan fingerprint density at radius 2 is 1.85 bits per heavy atom. The maximum absolute atomic E-state index is 10.8. The van der Waals surface area contributed by atoms with Crippen molar-refractivity contribution in [3.05, 3.63) is 81.9 Å². The van der Waals surface area contributed by atoms with Crippen molar-refractivity contribution in [2.75, 3.05) is 0 Å². The lowest BCUT2D eigenvalue weighted by molar-refractivity contribution is -0.384. The maximum atomic E-state index is 10.8. The highest BCUT2D eigenvalue weighted by Crippen LogP contribution is 2.27. The molecule has 0 aliphatic carbocycles. The lowest BCUT2D eigenvalue weighted by atomic mass is 10.2. The van der Waals surface area contributed by atoms with E-state index in [9.17, 15) is 10.1 Å². The molecule has 0 spiro atoms. The first-order chi connectivity index (χ1) is 12.6. The average Bonchev–Trinajstić information content (AvgIpc) is 3.04. The minimum atomic E-state index is -0.425. The van der Waals surface area contributed by atoms with Crippen LogP contribution in [0.15, 0.2) is 66.3 Å². The molecule has 0 bridgehead atoms. The van der Waals surface area contributed by atoms with E-state index in [0.29, 0.717) is 17.4 Å². The van der Waals surface area contributed by atoms with E-state index < -0.39 is 4.92 Å². The number of hydrogen-bond acceptors (Lipinski definition) is 5. The summed E-state index contributed by atoms with van der Waals surface area (Å²) in [5, 5.41) is 20.8. The number of halogens is 1. The van der Waals surface area contributed by atoms with Gasteiger partial charge in [0.1, 0.15) is 0 Å². The third-order valence-corrected chi connectivity index (χ3v) is 4.94. The van der Waals surface area contributed by atoms with Crippen LogP contribution in [0, 0.1) is 10.1 Å². The fourth-order valence-electron chi connectivity index (χ4n) is 2.36. The summed E-state index contributed by atoms with van der Waals surface area (Å²) in [5.74, 6) is 1.38. The Hall–Kier alpha value is -2.64. The van der Waals surface area contributed by atoms with Crippen LogP contribution >= 0.6 is 23.4 Å². The van der Waals surface area contributed by atoms with Crippen LogP contribution in [0.5, 0.6) is 0 Å². The molecule has 0 saturated heterocycles. The predicted octanol–water partition coefficient (Wildman–Crippen LogP) is 4.99. The fourth-order valence-corrected chi connectivity index (χ4v) is 3.39. The summed E-state index contributed by atoms with van der Waals surface area (Å²) in [6.45, 7) is 4.33. The van der Waals surface area contributed by atoms with Crippen molar-refractivity contribution >= 4 is 29.1 Å². The lowest BCUT2D eigenvalue weighted by Gasteiger charge is -2.08. The van der Waals surface area contributed by atoms with Gasteiger partial charge in [0.05, 0.1) is 4.92 Å². The molecule has 3 aromatic rings. The van der Waals surface area contributed by atoms with Crippen LogP contribution in [-0.4, -0.2) is 19.7 Å². The third-order valence-electron chi connectivity index (χ3n) is 3.65. The molecular formula is C18H15ClN4O2S. The van der Waals surface area contributed by atoms with E-state index >= 15 is 0 Å². The van der Waals surface area contributed by atoms with Gasteiger partial charge in [0, 0.05) is 35.0 Å². The zero-order chi connectivity index (χ0) is 18.5. The van der Waals surface area contributed by atoms with Gasteiger partial charge in [0.2, 0.25) is 0 Å². The van der Waals surface area contributed by atoms with Crippen LogP contribution in [0.1, 0.15) is 5.56 Å². The number of allylic oxidation sites excluding steroid dienone is 1. The molecule has 0 aliphatic heterocycles. The quantitative estimate of drug-likeness (QED) is 0.247. The molecule has 0 unspecified atom stereocenters. The van der Waals surface area contributed by atoms with Crippen LogP contribution in [0.25, 0.3) is 11.4 Å². The fraction of sp³-hybridized carbons (Fsp3) is 0.111. The van der Waals surface area contributed by atoms with Crippen molar-refractivity contribution in [1.29, 1.82) is 0 Å². The van der Waals surface area contributed by atoms with Crippen LogP contribution < -0.4 is 0 Å². The number of benzene rings is 2. The van der Waals surface area contributed by atoms with Crippen LogP contribution in [0.4, 0.5) is 5.69 Å². The highest BCUT2D eigenvalue weighted by atomic mass is 35.5. The maximum Gasteiger partial charge on any atom is 0.269 e. The number of hydrogen-bond donors (Lipinski definition) is 0. The number of aromatic nitrogens is 3. The number of nitro benzene ring substituents is 1. The molecule has 8 heteroatoms. The molecule has 1 aromatic heterocycles. The van der Waals surface area contributed by atoms with Crippen LogP contribution in [-0.2, 0) is 12.3 Å². The monoisotopic (exact) mass is 386 g/mol. The molecule has 0 atom stereocenters. The van der Waals surface area contributed by atoms with Gasteiger partial charge in [-0.25, -0.2) is 0 Å². The molecule has 132 valence electrons. The zero-order valence-corrected chi connectivity index (χ0v) is 15.3. The van der Waals surface area contributed by atoms with E-state index in [4.69, 9.17) is 11.6 Å². The summed E-state index contributed by atoms with van der Waals surface area (Å²) in [7, 11) is 0. The summed E-state index contributed by atoms with van der Waals surface area (Å²) in [5.41, 5.74) is 1.94. The highest BCUT2D eigenvalue weighted by molar-refractivity contribution is 7.98. The minimum Gasteiger partial charge on any atom is -0.298 e. The summed E-state index contributed by atoms with van der Waals surface area (Å²) in [6, 6.07) is 13.9. The number of nitrogens with zero attached hydrogens (tertiary/aromatic N) is 4. The summed E-state index contributed by atoms with van der Waals surface area (Å²) >= 11 is 7.47. The van der Waals surface area contributed by atoms with Gasteiger partial charge in [-0.2, -0.15) is 0 Å². The first kappa shape index (κ1) is 18.2. The molecule has 2 aromatic carbocycles. The van der Waals surface area contributed by atoms with Crippen molar-refractivity contribution in [2.24, 2.45) is 0 Å². The first-order valence-electron chi connectivity index (χ1n) is 7.74. The lowest BCUT2D eigenvalue weighted by Crippen LogP contribution is -2.01. The summed E-state index contributed by atoms with van der Waals surface area (Å²) in [4.78, 5) is 10.4. The van der Waals surface area contributed by atoms with Gasteiger partial charge in [-0.3, -0.25) is 14.7 Å². The van der Waals surface area contributed by atoms with Crippen molar-refractivity contribution in [3.8, 4) is 11.4 Å². The second kappa shape index (κ2) is 8.16. The van der Waals surface area contributed by atoms with Gasteiger partial charge >= 0.3 is 0 Å². The van der Waals surface area contributed by atoms with Gasteiger partial charge in [0.15, 0.2) is 11.0 Å². The smallest absolute Gasteiger partial charge is 0.269 e. The van der Waals surface area contributed by atoms with E-state index in [2.05, 4.69) is 16.8 Å². The molecule has 0 amide bonds. The molecule has 0 saturated carbocycles. The Morgan fingerprint density at radius 3 is 2.46 bits per heavy atom. The molecule has 6 nitrogen and oxygen atoms in total. The molecule has 3 rings (SSSR count). The second-order valence-corrected chi connectivity index (χ2v) is 6.80. The summed E-state index contributed by atoms with van der Waals surface area (Å²) < 4.78 is 1.94. The van der Waals surface area contributed by atoms with Gasteiger partial charge in [0.25, 0.3) is 5.69 Å². The highest BCUT2D eigenvalue weighted by Gasteiger charge is 2.15. The van der Waals surface area contributed by atoms with E-state index in [1.54, 1.807) is 30.0 Å². The number of non-ortho nitro benzene ring substituents is 1.